The van der Waals surface area contributed by atoms with Gasteiger partial charge in [0.05, 0.1) is 6.26 Å². The zero-order valence-electron chi connectivity index (χ0n) is 8.48. The van der Waals surface area contributed by atoms with E-state index in [1.807, 2.05) is 30.3 Å². The lowest BCUT2D eigenvalue weighted by molar-refractivity contribution is 0.582. The molecule has 0 aliphatic rings. The zero-order valence-corrected chi connectivity index (χ0v) is 8.48. The third-order valence-corrected chi connectivity index (χ3v) is 2.61. The van der Waals surface area contributed by atoms with Gasteiger partial charge < -0.3 is 4.42 Å². The minimum atomic E-state index is -0.210. The van der Waals surface area contributed by atoms with E-state index in [-0.39, 0.29) is 5.82 Å². The second-order valence-corrected chi connectivity index (χ2v) is 3.68. The quantitative estimate of drug-likeness (QED) is 0.588. The van der Waals surface area contributed by atoms with Crippen molar-refractivity contribution in [2.24, 2.45) is 0 Å². The van der Waals surface area contributed by atoms with Crippen LogP contribution in [0, 0.1) is 5.82 Å². The number of benzene rings is 2. The van der Waals surface area contributed by atoms with Crippen LogP contribution in [-0.2, 0) is 0 Å². The van der Waals surface area contributed by atoms with Crippen LogP contribution >= 0.6 is 0 Å². The van der Waals surface area contributed by atoms with Crippen LogP contribution < -0.4 is 0 Å². The third-order valence-electron chi connectivity index (χ3n) is 2.61. The van der Waals surface area contributed by atoms with Crippen LogP contribution in [0.1, 0.15) is 0 Å². The predicted octanol–water partition coefficient (Wildman–Crippen LogP) is 4.24. The van der Waals surface area contributed by atoms with Gasteiger partial charge in [-0.25, -0.2) is 4.39 Å². The molecule has 0 bridgehead atoms. The van der Waals surface area contributed by atoms with E-state index in [2.05, 4.69) is 0 Å². The van der Waals surface area contributed by atoms with Crippen LogP contribution in [0.15, 0.2) is 59.2 Å². The first-order valence-electron chi connectivity index (χ1n) is 5.06. The molecule has 1 heterocycles. The first kappa shape index (κ1) is 9.16. The summed E-state index contributed by atoms with van der Waals surface area (Å²) in [6.45, 7) is 0. The molecular formula is C14H9FO. The average Bonchev–Trinajstić information content (AvgIpc) is 2.82. The fraction of sp³-hybridized carbons (Fsp3) is 0. The Bertz CT molecular complexity index is 626. The molecule has 1 nitrogen and oxygen atoms in total. The maximum absolute atomic E-state index is 13.0. The van der Waals surface area contributed by atoms with Crippen LogP contribution in [-0.4, -0.2) is 0 Å². The number of halogens is 1. The standard InChI is InChI=1S/C14H9FO/c15-13-6-5-10-8-12(4-3-11(10)9-13)14-2-1-7-16-14/h1-9H. The van der Waals surface area contributed by atoms with Crippen molar-refractivity contribution in [3.05, 3.63) is 60.6 Å². The summed E-state index contributed by atoms with van der Waals surface area (Å²) < 4.78 is 18.3. The lowest BCUT2D eigenvalue weighted by atomic mass is 10.1. The highest BCUT2D eigenvalue weighted by molar-refractivity contribution is 5.86. The van der Waals surface area contributed by atoms with Gasteiger partial charge in [0.2, 0.25) is 0 Å². The molecule has 16 heavy (non-hydrogen) atoms. The molecule has 0 aliphatic carbocycles. The molecule has 0 radical (unpaired) electrons. The molecule has 1 aromatic heterocycles. The fourth-order valence-electron chi connectivity index (χ4n) is 1.81. The average molecular weight is 212 g/mol. The molecule has 78 valence electrons. The molecule has 0 spiro atoms. The number of fused-ring (bicyclic) bond motifs is 1. The number of hydrogen-bond acceptors (Lipinski definition) is 1. The minimum absolute atomic E-state index is 0.210. The van der Waals surface area contributed by atoms with E-state index in [1.54, 1.807) is 12.3 Å². The Labute approximate surface area is 92.1 Å². The molecule has 0 fully saturated rings. The summed E-state index contributed by atoms with van der Waals surface area (Å²) in [5, 5.41) is 1.91. The smallest absolute Gasteiger partial charge is 0.133 e. The van der Waals surface area contributed by atoms with Crippen molar-refractivity contribution < 1.29 is 8.81 Å². The van der Waals surface area contributed by atoms with Gasteiger partial charge in [-0.1, -0.05) is 18.2 Å². The number of furan rings is 1. The van der Waals surface area contributed by atoms with Crippen molar-refractivity contribution in [1.29, 1.82) is 0 Å². The Kier molecular flexibility index (Phi) is 2.00. The summed E-state index contributed by atoms with van der Waals surface area (Å²) in [5.74, 6) is 0.615. The second-order valence-electron chi connectivity index (χ2n) is 3.68. The third kappa shape index (κ3) is 1.48. The van der Waals surface area contributed by atoms with Crippen LogP contribution in [0.5, 0.6) is 0 Å². The first-order chi connectivity index (χ1) is 7.83. The van der Waals surface area contributed by atoms with Crippen LogP contribution in [0.2, 0.25) is 0 Å². The highest BCUT2D eigenvalue weighted by Gasteiger charge is 2.02. The molecule has 0 N–H and O–H groups in total. The van der Waals surface area contributed by atoms with Crippen molar-refractivity contribution in [2.75, 3.05) is 0 Å². The first-order valence-corrected chi connectivity index (χ1v) is 5.06. The van der Waals surface area contributed by atoms with E-state index >= 15 is 0 Å². The molecule has 0 amide bonds. The summed E-state index contributed by atoms with van der Waals surface area (Å²) >= 11 is 0. The summed E-state index contributed by atoms with van der Waals surface area (Å²) in [6.07, 6.45) is 1.64. The van der Waals surface area contributed by atoms with Crippen molar-refractivity contribution >= 4 is 10.8 Å². The Morgan fingerprint density at radius 2 is 1.69 bits per heavy atom. The molecule has 0 aliphatic heterocycles. The fourth-order valence-corrected chi connectivity index (χ4v) is 1.81. The maximum atomic E-state index is 13.0. The van der Waals surface area contributed by atoms with Gasteiger partial charge >= 0.3 is 0 Å². The van der Waals surface area contributed by atoms with E-state index in [0.717, 1.165) is 22.1 Å². The van der Waals surface area contributed by atoms with Crippen molar-refractivity contribution in [2.45, 2.75) is 0 Å². The SMILES string of the molecule is Fc1ccc2cc(-c3ccco3)ccc2c1. The Morgan fingerprint density at radius 1 is 0.875 bits per heavy atom. The lowest BCUT2D eigenvalue weighted by Crippen LogP contribution is -1.78. The van der Waals surface area contributed by atoms with Gasteiger partial charge in [0.15, 0.2) is 0 Å². The number of hydrogen-bond donors (Lipinski definition) is 0. The molecule has 0 saturated carbocycles. The molecule has 2 heteroatoms. The van der Waals surface area contributed by atoms with E-state index < -0.39 is 0 Å². The van der Waals surface area contributed by atoms with Crippen LogP contribution in [0.25, 0.3) is 22.1 Å². The van der Waals surface area contributed by atoms with Gasteiger partial charge in [-0.05, 0) is 41.1 Å². The molecular weight excluding hydrogens is 203 g/mol. The van der Waals surface area contributed by atoms with E-state index in [4.69, 9.17) is 4.42 Å². The van der Waals surface area contributed by atoms with Gasteiger partial charge in [-0.3, -0.25) is 0 Å². The van der Waals surface area contributed by atoms with Gasteiger partial charge in [0.1, 0.15) is 11.6 Å². The molecule has 0 atom stereocenters. The van der Waals surface area contributed by atoms with Crippen LogP contribution in [0.3, 0.4) is 0 Å². The Balaban J connectivity index is 2.20. The predicted molar refractivity (Wildman–Crippen MR) is 61.6 cm³/mol. The molecule has 3 aromatic rings. The molecule has 3 rings (SSSR count). The maximum Gasteiger partial charge on any atom is 0.133 e. The molecule has 2 aromatic carbocycles. The topological polar surface area (TPSA) is 13.1 Å². The van der Waals surface area contributed by atoms with E-state index in [0.29, 0.717) is 0 Å². The van der Waals surface area contributed by atoms with E-state index in [1.165, 1.54) is 12.1 Å². The monoisotopic (exact) mass is 212 g/mol. The highest BCUT2D eigenvalue weighted by Crippen LogP contribution is 2.25. The Hall–Kier alpha value is -2.09. The van der Waals surface area contributed by atoms with Crippen molar-refractivity contribution in [1.82, 2.24) is 0 Å². The summed E-state index contributed by atoms with van der Waals surface area (Å²) in [6, 6.07) is 14.4. The van der Waals surface area contributed by atoms with Gasteiger partial charge in [-0.2, -0.15) is 0 Å². The lowest BCUT2D eigenvalue weighted by Gasteiger charge is -2.01. The van der Waals surface area contributed by atoms with Crippen molar-refractivity contribution in [3.8, 4) is 11.3 Å². The van der Waals surface area contributed by atoms with Gasteiger partial charge in [0.25, 0.3) is 0 Å². The van der Waals surface area contributed by atoms with E-state index in [9.17, 15) is 4.39 Å². The Morgan fingerprint density at radius 3 is 2.50 bits per heavy atom. The summed E-state index contributed by atoms with van der Waals surface area (Å²) in [7, 11) is 0. The normalized spacial score (nSPS) is 10.8. The minimum Gasteiger partial charge on any atom is -0.464 e. The second kappa shape index (κ2) is 3.49. The van der Waals surface area contributed by atoms with Crippen LogP contribution in [0.4, 0.5) is 4.39 Å². The van der Waals surface area contributed by atoms with Crippen molar-refractivity contribution in [3.63, 3.8) is 0 Å². The molecule has 0 unspecified atom stereocenters. The largest absolute Gasteiger partial charge is 0.464 e. The molecule has 0 saturated heterocycles. The van der Waals surface area contributed by atoms with Gasteiger partial charge in [-0.15, -0.1) is 0 Å². The highest BCUT2D eigenvalue weighted by atomic mass is 19.1. The summed E-state index contributed by atoms with van der Waals surface area (Å²) in [4.78, 5) is 0. The summed E-state index contributed by atoms with van der Waals surface area (Å²) in [5.41, 5.74) is 1.00. The van der Waals surface area contributed by atoms with Gasteiger partial charge in [0, 0.05) is 5.56 Å². The zero-order chi connectivity index (χ0) is 11.0. The number of rotatable bonds is 1.